The third-order valence-corrected chi connectivity index (χ3v) is 2.82. The fourth-order valence-corrected chi connectivity index (χ4v) is 1.80. The zero-order chi connectivity index (χ0) is 15.2. The fraction of sp³-hybridized carbons (Fsp3) is 0.0667. The SMILES string of the molecule is O=Cc1cc(Cl)ccc1OCC(=O)Nc1ccc(F)cc1. The van der Waals surface area contributed by atoms with Crippen molar-refractivity contribution in [3.63, 3.8) is 0 Å². The number of amides is 1. The number of carbonyl (C=O) groups is 2. The van der Waals surface area contributed by atoms with Crippen LogP contribution < -0.4 is 10.1 Å². The molecule has 1 amide bonds. The van der Waals surface area contributed by atoms with E-state index in [1.807, 2.05) is 0 Å². The van der Waals surface area contributed by atoms with Crippen LogP contribution in [0.3, 0.4) is 0 Å². The van der Waals surface area contributed by atoms with E-state index in [9.17, 15) is 14.0 Å². The molecule has 0 aliphatic heterocycles. The van der Waals surface area contributed by atoms with Gasteiger partial charge < -0.3 is 10.1 Å². The van der Waals surface area contributed by atoms with Gasteiger partial charge >= 0.3 is 0 Å². The molecule has 0 radical (unpaired) electrons. The maximum absolute atomic E-state index is 12.7. The minimum Gasteiger partial charge on any atom is -0.483 e. The first-order valence-electron chi connectivity index (χ1n) is 6.01. The van der Waals surface area contributed by atoms with Gasteiger partial charge in [-0.25, -0.2) is 4.39 Å². The molecule has 0 atom stereocenters. The Kier molecular flexibility index (Phi) is 4.90. The first-order chi connectivity index (χ1) is 10.1. The van der Waals surface area contributed by atoms with Crippen LogP contribution in [0.4, 0.5) is 10.1 Å². The molecule has 2 aromatic rings. The standard InChI is InChI=1S/C15H11ClFNO3/c16-11-1-6-14(10(7-11)8-19)21-9-15(20)18-13-4-2-12(17)3-5-13/h1-8H,9H2,(H,18,20). The Hall–Kier alpha value is -2.40. The quantitative estimate of drug-likeness (QED) is 0.862. The Morgan fingerprint density at radius 1 is 1.24 bits per heavy atom. The van der Waals surface area contributed by atoms with E-state index in [1.54, 1.807) is 6.07 Å². The maximum atomic E-state index is 12.7. The van der Waals surface area contributed by atoms with Crippen LogP contribution in [0.5, 0.6) is 5.75 Å². The van der Waals surface area contributed by atoms with E-state index in [0.717, 1.165) is 0 Å². The summed E-state index contributed by atoms with van der Waals surface area (Å²) in [4.78, 5) is 22.6. The zero-order valence-corrected chi connectivity index (χ0v) is 11.6. The molecule has 108 valence electrons. The topological polar surface area (TPSA) is 55.4 Å². The summed E-state index contributed by atoms with van der Waals surface area (Å²) in [6.07, 6.45) is 0.596. The van der Waals surface area contributed by atoms with Crippen LogP contribution in [-0.4, -0.2) is 18.8 Å². The Labute approximate surface area is 125 Å². The van der Waals surface area contributed by atoms with Gasteiger partial charge in [0.1, 0.15) is 11.6 Å². The summed E-state index contributed by atoms with van der Waals surface area (Å²) in [5.74, 6) is -0.543. The molecule has 0 aliphatic rings. The molecule has 0 bridgehead atoms. The zero-order valence-electron chi connectivity index (χ0n) is 10.8. The number of ether oxygens (including phenoxy) is 1. The van der Waals surface area contributed by atoms with Gasteiger partial charge in [-0.2, -0.15) is 0 Å². The second kappa shape index (κ2) is 6.85. The molecular formula is C15H11ClFNO3. The minimum absolute atomic E-state index is 0.261. The summed E-state index contributed by atoms with van der Waals surface area (Å²) < 4.78 is 18.0. The molecule has 2 rings (SSSR count). The summed E-state index contributed by atoms with van der Waals surface area (Å²) in [6, 6.07) is 9.86. The van der Waals surface area contributed by atoms with Crippen molar-refractivity contribution < 1.29 is 18.7 Å². The number of aldehydes is 1. The van der Waals surface area contributed by atoms with Crippen molar-refractivity contribution in [2.24, 2.45) is 0 Å². The van der Waals surface area contributed by atoms with Crippen molar-refractivity contribution in [1.29, 1.82) is 0 Å². The van der Waals surface area contributed by atoms with Crippen molar-refractivity contribution >= 4 is 29.5 Å². The fourth-order valence-electron chi connectivity index (χ4n) is 1.62. The second-order valence-electron chi connectivity index (χ2n) is 4.14. The van der Waals surface area contributed by atoms with Gasteiger partial charge in [-0.15, -0.1) is 0 Å². The molecule has 0 heterocycles. The molecule has 0 saturated carbocycles. The van der Waals surface area contributed by atoms with Gasteiger partial charge in [0.15, 0.2) is 12.9 Å². The highest BCUT2D eigenvalue weighted by Gasteiger charge is 2.08. The highest BCUT2D eigenvalue weighted by molar-refractivity contribution is 6.30. The van der Waals surface area contributed by atoms with Gasteiger partial charge in [0.2, 0.25) is 0 Å². The number of halogens is 2. The van der Waals surface area contributed by atoms with Gasteiger partial charge in [-0.3, -0.25) is 9.59 Å². The van der Waals surface area contributed by atoms with Crippen LogP contribution in [0.1, 0.15) is 10.4 Å². The molecule has 21 heavy (non-hydrogen) atoms. The smallest absolute Gasteiger partial charge is 0.262 e. The molecule has 1 N–H and O–H groups in total. The summed E-state index contributed by atoms with van der Waals surface area (Å²) in [6.45, 7) is -0.278. The Morgan fingerprint density at radius 2 is 1.95 bits per heavy atom. The summed E-state index contributed by atoms with van der Waals surface area (Å²) >= 11 is 5.75. The first kappa shape index (κ1) is 15.0. The Balaban J connectivity index is 1.95. The molecule has 0 aromatic heterocycles. The van der Waals surface area contributed by atoms with E-state index in [4.69, 9.17) is 16.3 Å². The molecule has 6 heteroatoms. The highest BCUT2D eigenvalue weighted by Crippen LogP contribution is 2.21. The van der Waals surface area contributed by atoms with Crippen LogP contribution >= 0.6 is 11.6 Å². The van der Waals surface area contributed by atoms with Crippen LogP contribution in [0, 0.1) is 5.82 Å². The summed E-state index contributed by atoms with van der Waals surface area (Å²) in [5, 5.41) is 2.95. The van der Waals surface area contributed by atoms with Crippen LogP contribution in [0.2, 0.25) is 5.02 Å². The number of hydrogen-bond acceptors (Lipinski definition) is 3. The number of carbonyl (C=O) groups excluding carboxylic acids is 2. The molecule has 2 aromatic carbocycles. The summed E-state index contributed by atoms with van der Waals surface area (Å²) in [7, 11) is 0. The van der Waals surface area contributed by atoms with Crippen molar-refractivity contribution in [3.05, 3.63) is 58.9 Å². The number of anilines is 1. The average molecular weight is 308 g/mol. The van der Waals surface area contributed by atoms with E-state index in [2.05, 4.69) is 5.32 Å². The van der Waals surface area contributed by atoms with Crippen molar-refractivity contribution in [2.75, 3.05) is 11.9 Å². The van der Waals surface area contributed by atoms with Crippen LogP contribution in [0.15, 0.2) is 42.5 Å². The molecule has 0 fully saturated rings. The lowest BCUT2D eigenvalue weighted by Gasteiger charge is -2.09. The van der Waals surface area contributed by atoms with Crippen molar-refractivity contribution in [1.82, 2.24) is 0 Å². The number of hydrogen-bond donors (Lipinski definition) is 1. The second-order valence-corrected chi connectivity index (χ2v) is 4.58. The van der Waals surface area contributed by atoms with E-state index in [1.165, 1.54) is 36.4 Å². The van der Waals surface area contributed by atoms with E-state index in [-0.39, 0.29) is 23.7 Å². The molecule has 0 unspecified atom stereocenters. The van der Waals surface area contributed by atoms with Gasteiger partial charge in [-0.05, 0) is 42.5 Å². The normalized spacial score (nSPS) is 10.0. The van der Waals surface area contributed by atoms with E-state index >= 15 is 0 Å². The largest absolute Gasteiger partial charge is 0.483 e. The molecule has 4 nitrogen and oxygen atoms in total. The van der Waals surface area contributed by atoms with Gasteiger partial charge in [0, 0.05) is 10.7 Å². The minimum atomic E-state index is -0.423. The van der Waals surface area contributed by atoms with E-state index in [0.29, 0.717) is 17.0 Å². The average Bonchev–Trinajstić information content (AvgIpc) is 2.48. The van der Waals surface area contributed by atoms with Crippen LogP contribution in [-0.2, 0) is 4.79 Å². The third-order valence-electron chi connectivity index (χ3n) is 2.59. The molecular weight excluding hydrogens is 297 g/mol. The molecule has 0 saturated heterocycles. The van der Waals surface area contributed by atoms with Gasteiger partial charge in [0.05, 0.1) is 5.56 Å². The Bertz CT molecular complexity index is 658. The summed E-state index contributed by atoms with van der Waals surface area (Å²) in [5.41, 5.74) is 0.716. The monoisotopic (exact) mass is 307 g/mol. The lowest BCUT2D eigenvalue weighted by Crippen LogP contribution is -2.20. The highest BCUT2D eigenvalue weighted by atomic mass is 35.5. The van der Waals surface area contributed by atoms with E-state index < -0.39 is 5.91 Å². The number of nitrogens with one attached hydrogen (secondary N) is 1. The van der Waals surface area contributed by atoms with Gasteiger partial charge in [-0.1, -0.05) is 11.6 Å². The first-order valence-corrected chi connectivity index (χ1v) is 6.39. The number of rotatable bonds is 5. The molecule has 0 aliphatic carbocycles. The van der Waals surface area contributed by atoms with Crippen molar-refractivity contribution in [2.45, 2.75) is 0 Å². The lowest BCUT2D eigenvalue weighted by atomic mass is 10.2. The lowest BCUT2D eigenvalue weighted by molar-refractivity contribution is -0.118. The predicted octanol–water partition coefficient (Wildman–Crippen LogP) is 3.31. The predicted molar refractivity (Wildman–Crippen MR) is 77.4 cm³/mol. The Morgan fingerprint density at radius 3 is 2.62 bits per heavy atom. The maximum Gasteiger partial charge on any atom is 0.262 e. The number of benzene rings is 2. The molecule has 0 spiro atoms. The van der Waals surface area contributed by atoms with Crippen LogP contribution in [0.25, 0.3) is 0 Å². The third kappa shape index (κ3) is 4.29. The van der Waals surface area contributed by atoms with Gasteiger partial charge in [0.25, 0.3) is 5.91 Å². The van der Waals surface area contributed by atoms with Crippen molar-refractivity contribution in [3.8, 4) is 5.75 Å².